The lowest BCUT2D eigenvalue weighted by Crippen LogP contribution is -2.10. The van der Waals surface area contributed by atoms with E-state index in [1.54, 1.807) is 37.3 Å². The second kappa shape index (κ2) is 5.81. The van der Waals surface area contributed by atoms with Crippen molar-refractivity contribution in [2.75, 3.05) is 11.1 Å². The number of amides is 1. The van der Waals surface area contributed by atoms with E-state index in [0.717, 1.165) is 0 Å². The molecule has 0 aliphatic heterocycles. The van der Waals surface area contributed by atoms with Crippen molar-refractivity contribution in [2.45, 2.75) is 13.3 Å². The lowest BCUT2D eigenvalue weighted by Gasteiger charge is -2.06. The molecule has 1 aromatic carbocycles. The van der Waals surface area contributed by atoms with Crippen LogP contribution in [0.2, 0.25) is 0 Å². The zero-order valence-corrected chi connectivity index (χ0v) is 10.5. The molecule has 6 heteroatoms. The summed E-state index contributed by atoms with van der Waals surface area (Å²) in [6.07, 6.45) is 1.72. The van der Waals surface area contributed by atoms with E-state index in [0.29, 0.717) is 29.6 Å². The number of aromatic nitrogens is 2. The van der Waals surface area contributed by atoms with Crippen molar-refractivity contribution in [3.8, 4) is 11.6 Å². The Balaban J connectivity index is 2.10. The largest absolute Gasteiger partial charge is 0.439 e. The van der Waals surface area contributed by atoms with Gasteiger partial charge in [0.1, 0.15) is 17.9 Å². The first kappa shape index (κ1) is 12.8. The van der Waals surface area contributed by atoms with E-state index in [-0.39, 0.29) is 5.91 Å². The monoisotopic (exact) mass is 258 g/mol. The lowest BCUT2D eigenvalue weighted by atomic mass is 10.3. The van der Waals surface area contributed by atoms with Crippen molar-refractivity contribution in [1.82, 2.24) is 9.97 Å². The van der Waals surface area contributed by atoms with Crippen molar-refractivity contribution in [1.29, 1.82) is 0 Å². The quantitative estimate of drug-likeness (QED) is 0.820. The molecule has 0 aliphatic carbocycles. The van der Waals surface area contributed by atoms with Gasteiger partial charge in [-0.2, -0.15) is 0 Å². The van der Waals surface area contributed by atoms with Crippen LogP contribution < -0.4 is 15.8 Å². The minimum atomic E-state index is -0.114. The molecule has 0 atom stereocenters. The zero-order chi connectivity index (χ0) is 13.7. The Kier molecular flexibility index (Phi) is 3.92. The molecule has 0 aliphatic rings. The fourth-order valence-corrected chi connectivity index (χ4v) is 1.35. The number of rotatable bonds is 4. The molecular weight excluding hydrogens is 244 g/mol. The third-order valence-electron chi connectivity index (χ3n) is 2.33. The van der Waals surface area contributed by atoms with Gasteiger partial charge >= 0.3 is 0 Å². The van der Waals surface area contributed by atoms with Gasteiger partial charge in [-0.25, -0.2) is 9.97 Å². The van der Waals surface area contributed by atoms with Gasteiger partial charge in [0.25, 0.3) is 0 Å². The van der Waals surface area contributed by atoms with E-state index in [1.165, 1.54) is 6.33 Å². The number of ether oxygens (including phenoxy) is 1. The molecule has 1 heterocycles. The van der Waals surface area contributed by atoms with E-state index in [1.807, 2.05) is 0 Å². The summed E-state index contributed by atoms with van der Waals surface area (Å²) in [5, 5.41) is 2.64. The molecule has 3 N–H and O–H groups in total. The first-order chi connectivity index (χ1) is 9.17. The molecule has 0 unspecified atom stereocenters. The van der Waals surface area contributed by atoms with Crippen molar-refractivity contribution in [2.24, 2.45) is 0 Å². The topological polar surface area (TPSA) is 90.1 Å². The predicted octanol–water partition coefficient (Wildman–Crippen LogP) is 2.20. The van der Waals surface area contributed by atoms with Gasteiger partial charge in [0, 0.05) is 18.2 Å². The van der Waals surface area contributed by atoms with Crippen molar-refractivity contribution < 1.29 is 9.53 Å². The Morgan fingerprint density at radius 2 is 2.05 bits per heavy atom. The molecule has 2 aromatic rings. The number of nitrogens with one attached hydrogen (secondary N) is 1. The second-order valence-electron chi connectivity index (χ2n) is 3.81. The number of hydrogen-bond donors (Lipinski definition) is 2. The van der Waals surface area contributed by atoms with Crippen molar-refractivity contribution >= 4 is 17.4 Å². The normalized spacial score (nSPS) is 9.95. The van der Waals surface area contributed by atoms with Gasteiger partial charge in [-0.3, -0.25) is 4.79 Å². The Bertz CT molecular complexity index is 569. The van der Waals surface area contributed by atoms with Crippen LogP contribution >= 0.6 is 0 Å². The highest BCUT2D eigenvalue weighted by atomic mass is 16.5. The van der Waals surface area contributed by atoms with Crippen LogP contribution in [0, 0.1) is 0 Å². The molecule has 1 amide bonds. The maximum Gasteiger partial charge on any atom is 0.225 e. The highest BCUT2D eigenvalue weighted by molar-refractivity contribution is 5.89. The van der Waals surface area contributed by atoms with Crippen LogP contribution in [0.3, 0.4) is 0 Å². The fraction of sp³-hybridized carbons (Fsp3) is 0.154. The highest BCUT2D eigenvalue weighted by Crippen LogP contribution is 2.21. The summed E-state index contributed by atoms with van der Waals surface area (Å²) in [5.41, 5.74) is 6.24. The average Bonchev–Trinajstić information content (AvgIpc) is 2.42. The van der Waals surface area contributed by atoms with Crippen molar-refractivity contribution in [3.05, 3.63) is 36.7 Å². The Morgan fingerprint density at radius 3 is 2.74 bits per heavy atom. The van der Waals surface area contributed by atoms with Gasteiger partial charge in [0.05, 0.1) is 0 Å². The Hall–Kier alpha value is -2.63. The molecular formula is C13H14N4O2. The molecule has 98 valence electrons. The summed E-state index contributed by atoms with van der Waals surface area (Å²) in [7, 11) is 0. The average molecular weight is 258 g/mol. The molecule has 0 bridgehead atoms. The summed E-state index contributed by atoms with van der Waals surface area (Å²) >= 11 is 0. The van der Waals surface area contributed by atoms with Gasteiger partial charge in [-0.15, -0.1) is 0 Å². The van der Waals surface area contributed by atoms with Gasteiger partial charge in [-0.1, -0.05) is 6.92 Å². The first-order valence-electron chi connectivity index (χ1n) is 5.82. The Morgan fingerprint density at radius 1 is 1.32 bits per heavy atom. The van der Waals surface area contributed by atoms with Crippen LogP contribution in [-0.2, 0) is 4.79 Å². The molecule has 6 nitrogen and oxygen atoms in total. The molecule has 19 heavy (non-hydrogen) atoms. The predicted molar refractivity (Wildman–Crippen MR) is 71.9 cm³/mol. The third kappa shape index (κ3) is 3.67. The van der Waals surface area contributed by atoms with Gasteiger partial charge < -0.3 is 15.8 Å². The number of benzene rings is 1. The Labute approximate surface area is 110 Å². The molecule has 1 aromatic heterocycles. The van der Waals surface area contributed by atoms with E-state index < -0.39 is 0 Å². The summed E-state index contributed by atoms with van der Waals surface area (Å²) in [4.78, 5) is 19.2. The maximum atomic E-state index is 11.3. The summed E-state index contributed by atoms with van der Waals surface area (Å²) in [6, 6.07) is 8.50. The SMILES string of the molecule is CCC(=O)Nc1cc(Oc2ccc(N)cc2)ncn1. The summed E-state index contributed by atoms with van der Waals surface area (Å²) < 4.78 is 5.53. The fourth-order valence-electron chi connectivity index (χ4n) is 1.35. The number of nitrogen functional groups attached to an aromatic ring is 1. The molecule has 0 fully saturated rings. The zero-order valence-electron chi connectivity index (χ0n) is 10.5. The molecule has 0 radical (unpaired) electrons. The number of carbonyl (C=O) groups excluding carboxylic acids is 1. The molecule has 0 saturated heterocycles. The van der Waals surface area contributed by atoms with Crippen LogP contribution in [0.15, 0.2) is 36.7 Å². The molecule has 0 saturated carbocycles. The number of anilines is 2. The van der Waals surface area contributed by atoms with Gasteiger partial charge in [0.2, 0.25) is 11.8 Å². The molecule has 0 spiro atoms. The summed E-state index contributed by atoms with van der Waals surface area (Å²) in [6.45, 7) is 1.77. The number of hydrogen-bond acceptors (Lipinski definition) is 5. The second-order valence-corrected chi connectivity index (χ2v) is 3.81. The van der Waals surface area contributed by atoms with E-state index in [2.05, 4.69) is 15.3 Å². The number of nitrogens with two attached hydrogens (primary N) is 1. The number of carbonyl (C=O) groups is 1. The van der Waals surface area contributed by atoms with Crippen LogP contribution in [0.1, 0.15) is 13.3 Å². The van der Waals surface area contributed by atoms with Crippen LogP contribution in [0.5, 0.6) is 11.6 Å². The first-order valence-corrected chi connectivity index (χ1v) is 5.82. The van der Waals surface area contributed by atoms with E-state index in [4.69, 9.17) is 10.5 Å². The summed E-state index contributed by atoms with van der Waals surface area (Å²) in [5.74, 6) is 1.26. The number of nitrogens with zero attached hydrogens (tertiary/aromatic N) is 2. The van der Waals surface area contributed by atoms with Crippen molar-refractivity contribution in [3.63, 3.8) is 0 Å². The van der Waals surface area contributed by atoms with Crippen LogP contribution in [-0.4, -0.2) is 15.9 Å². The van der Waals surface area contributed by atoms with E-state index >= 15 is 0 Å². The standard InChI is InChI=1S/C13H14N4O2/c1-2-12(18)17-11-7-13(16-8-15-11)19-10-5-3-9(14)4-6-10/h3-8H,2,14H2,1H3,(H,15,16,17,18). The van der Waals surface area contributed by atoms with E-state index in [9.17, 15) is 4.79 Å². The smallest absolute Gasteiger partial charge is 0.225 e. The third-order valence-corrected chi connectivity index (χ3v) is 2.33. The highest BCUT2D eigenvalue weighted by Gasteiger charge is 2.04. The minimum Gasteiger partial charge on any atom is -0.439 e. The van der Waals surface area contributed by atoms with Crippen LogP contribution in [0.25, 0.3) is 0 Å². The van der Waals surface area contributed by atoms with Gasteiger partial charge in [0.15, 0.2) is 0 Å². The lowest BCUT2D eigenvalue weighted by molar-refractivity contribution is -0.115. The van der Waals surface area contributed by atoms with Gasteiger partial charge in [-0.05, 0) is 24.3 Å². The van der Waals surface area contributed by atoms with Crippen LogP contribution in [0.4, 0.5) is 11.5 Å². The minimum absolute atomic E-state index is 0.114. The molecule has 2 rings (SSSR count). The maximum absolute atomic E-state index is 11.3.